The van der Waals surface area contributed by atoms with Crippen LogP contribution in [-0.2, 0) is 4.74 Å². The maximum Gasteiger partial charge on any atom is 0.0723 e. The summed E-state index contributed by atoms with van der Waals surface area (Å²) < 4.78 is 6.16. The third kappa shape index (κ3) is 2.65. The van der Waals surface area contributed by atoms with Gasteiger partial charge in [-0.3, -0.25) is 0 Å². The van der Waals surface area contributed by atoms with Crippen molar-refractivity contribution in [3.05, 3.63) is 11.6 Å². The molecule has 2 heteroatoms. The van der Waals surface area contributed by atoms with Crippen molar-refractivity contribution in [2.75, 3.05) is 6.61 Å². The van der Waals surface area contributed by atoms with Gasteiger partial charge in [-0.2, -0.15) is 0 Å². The van der Waals surface area contributed by atoms with Crippen molar-refractivity contribution in [3.8, 4) is 0 Å². The Morgan fingerprint density at radius 3 is 2.72 bits per heavy atom. The van der Waals surface area contributed by atoms with E-state index in [2.05, 4.69) is 6.08 Å². The van der Waals surface area contributed by atoms with E-state index in [1.807, 2.05) is 0 Å². The van der Waals surface area contributed by atoms with Gasteiger partial charge in [-0.1, -0.05) is 30.9 Å². The van der Waals surface area contributed by atoms with Gasteiger partial charge in [-0.25, -0.2) is 0 Å². The average Bonchev–Trinajstić information content (AvgIpc) is 2.40. The predicted molar refractivity (Wildman–Crippen MR) is 72.4 cm³/mol. The second-order valence-corrected chi connectivity index (χ2v) is 6.48. The lowest BCUT2D eigenvalue weighted by molar-refractivity contribution is -0.113. The number of rotatable bonds is 1. The van der Waals surface area contributed by atoms with E-state index in [4.69, 9.17) is 4.74 Å². The highest BCUT2D eigenvalue weighted by atomic mass is 16.5. The second kappa shape index (κ2) is 5.34. The molecule has 0 bridgehead atoms. The fraction of sp³-hybridized carbons (Fsp3) is 0.875. The van der Waals surface area contributed by atoms with Crippen LogP contribution in [0.15, 0.2) is 11.6 Å². The lowest BCUT2D eigenvalue weighted by Crippen LogP contribution is -2.42. The summed E-state index contributed by atoms with van der Waals surface area (Å²) in [6.45, 7) is 0.929. The first-order chi connectivity index (χ1) is 8.77. The van der Waals surface area contributed by atoms with Gasteiger partial charge in [0.05, 0.1) is 11.7 Å². The first kappa shape index (κ1) is 12.7. The number of hydrogen-bond donors (Lipinski definition) is 1. The van der Waals surface area contributed by atoms with Gasteiger partial charge in [0.1, 0.15) is 0 Å². The van der Waals surface area contributed by atoms with Crippen LogP contribution >= 0.6 is 0 Å². The highest BCUT2D eigenvalue weighted by Crippen LogP contribution is 2.44. The van der Waals surface area contributed by atoms with E-state index in [-0.39, 0.29) is 11.7 Å². The van der Waals surface area contributed by atoms with E-state index in [9.17, 15) is 5.11 Å². The van der Waals surface area contributed by atoms with E-state index in [1.54, 1.807) is 0 Å². The average molecular weight is 250 g/mol. The smallest absolute Gasteiger partial charge is 0.0723 e. The lowest BCUT2D eigenvalue weighted by Gasteiger charge is -2.44. The molecule has 2 fully saturated rings. The molecule has 1 saturated carbocycles. The Balaban J connectivity index is 1.69. The summed E-state index contributed by atoms with van der Waals surface area (Å²) in [4.78, 5) is 0. The van der Waals surface area contributed by atoms with Gasteiger partial charge in [0.25, 0.3) is 0 Å². The molecule has 0 aromatic heterocycles. The minimum atomic E-state index is -0.182. The van der Waals surface area contributed by atoms with Gasteiger partial charge in [0, 0.05) is 6.61 Å². The molecule has 2 atom stereocenters. The summed E-state index contributed by atoms with van der Waals surface area (Å²) in [5, 5.41) is 9.80. The maximum atomic E-state index is 9.80. The fourth-order valence-electron chi connectivity index (χ4n) is 4.16. The lowest BCUT2D eigenvalue weighted by atomic mass is 9.72. The molecule has 102 valence electrons. The number of hydrogen-bond acceptors (Lipinski definition) is 2. The number of aliphatic hydroxyl groups excluding tert-OH is 1. The summed E-state index contributed by atoms with van der Waals surface area (Å²) >= 11 is 0. The van der Waals surface area contributed by atoms with E-state index in [1.165, 1.54) is 56.9 Å². The van der Waals surface area contributed by atoms with Crippen molar-refractivity contribution in [2.45, 2.75) is 75.9 Å². The van der Waals surface area contributed by atoms with Crippen LogP contribution in [0.2, 0.25) is 0 Å². The highest BCUT2D eigenvalue weighted by Gasteiger charge is 2.39. The summed E-state index contributed by atoms with van der Waals surface area (Å²) in [5.74, 6) is 0.687. The second-order valence-electron chi connectivity index (χ2n) is 6.48. The molecule has 0 amide bonds. The van der Waals surface area contributed by atoms with Gasteiger partial charge in [0.15, 0.2) is 0 Å². The quantitative estimate of drug-likeness (QED) is 0.721. The van der Waals surface area contributed by atoms with E-state index < -0.39 is 0 Å². The Morgan fingerprint density at radius 2 is 1.94 bits per heavy atom. The Morgan fingerprint density at radius 1 is 1.11 bits per heavy atom. The van der Waals surface area contributed by atoms with Crippen molar-refractivity contribution in [2.24, 2.45) is 5.92 Å². The molecule has 2 aliphatic carbocycles. The van der Waals surface area contributed by atoms with Crippen LogP contribution in [-0.4, -0.2) is 23.4 Å². The molecule has 2 nitrogen and oxygen atoms in total. The standard InChI is InChI=1S/C16H26O2/c17-15-6-4-5-13(11-15)14-7-10-18-16(12-14)8-2-1-3-9-16/h11,14-15,17H,1-10,12H2. The van der Waals surface area contributed by atoms with Crippen LogP contribution in [0.1, 0.15) is 64.2 Å². The van der Waals surface area contributed by atoms with Crippen molar-refractivity contribution >= 4 is 0 Å². The first-order valence-electron chi connectivity index (χ1n) is 7.80. The zero-order valence-corrected chi connectivity index (χ0v) is 11.4. The van der Waals surface area contributed by atoms with Crippen molar-refractivity contribution in [1.29, 1.82) is 0 Å². The van der Waals surface area contributed by atoms with Crippen LogP contribution in [0, 0.1) is 5.92 Å². The maximum absolute atomic E-state index is 9.80. The Bertz CT molecular complexity index is 310. The molecule has 0 aromatic rings. The van der Waals surface area contributed by atoms with Crippen LogP contribution in [0.5, 0.6) is 0 Å². The van der Waals surface area contributed by atoms with Crippen LogP contribution in [0.3, 0.4) is 0 Å². The van der Waals surface area contributed by atoms with Crippen LogP contribution in [0.4, 0.5) is 0 Å². The Labute approximate surface area is 110 Å². The molecule has 1 spiro atoms. The van der Waals surface area contributed by atoms with Gasteiger partial charge < -0.3 is 9.84 Å². The zero-order valence-electron chi connectivity index (χ0n) is 11.4. The molecule has 0 radical (unpaired) electrons. The van der Waals surface area contributed by atoms with Gasteiger partial charge in [-0.15, -0.1) is 0 Å². The number of ether oxygens (including phenoxy) is 1. The predicted octanol–water partition coefficient (Wildman–Crippen LogP) is 3.59. The van der Waals surface area contributed by atoms with E-state index >= 15 is 0 Å². The fourth-order valence-corrected chi connectivity index (χ4v) is 4.16. The molecular weight excluding hydrogens is 224 g/mol. The molecule has 1 saturated heterocycles. The highest BCUT2D eigenvalue weighted by molar-refractivity contribution is 5.14. The normalized spacial score (nSPS) is 36.4. The first-order valence-corrected chi connectivity index (χ1v) is 7.80. The van der Waals surface area contributed by atoms with Crippen molar-refractivity contribution in [3.63, 3.8) is 0 Å². The van der Waals surface area contributed by atoms with Gasteiger partial charge >= 0.3 is 0 Å². The molecular formula is C16H26O2. The van der Waals surface area contributed by atoms with Crippen molar-refractivity contribution < 1.29 is 9.84 Å². The minimum Gasteiger partial charge on any atom is -0.389 e. The van der Waals surface area contributed by atoms with Crippen LogP contribution in [0.25, 0.3) is 0 Å². The molecule has 1 aliphatic heterocycles. The largest absolute Gasteiger partial charge is 0.389 e. The number of allylic oxidation sites excluding steroid dienone is 1. The van der Waals surface area contributed by atoms with Crippen molar-refractivity contribution in [1.82, 2.24) is 0 Å². The topological polar surface area (TPSA) is 29.5 Å². The zero-order chi connectivity index (χ0) is 12.4. The molecule has 3 rings (SSSR count). The number of aliphatic hydroxyl groups is 1. The molecule has 18 heavy (non-hydrogen) atoms. The Kier molecular flexibility index (Phi) is 3.76. The van der Waals surface area contributed by atoms with E-state index in [0.29, 0.717) is 5.92 Å². The molecule has 0 aromatic carbocycles. The van der Waals surface area contributed by atoms with Crippen LogP contribution < -0.4 is 0 Å². The third-order valence-electron chi connectivity index (χ3n) is 5.15. The molecule has 3 aliphatic rings. The van der Waals surface area contributed by atoms with Gasteiger partial charge in [0.2, 0.25) is 0 Å². The molecule has 2 unspecified atom stereocenters. The summed E-state index contributed by atoms with van der Waals surface area (Å²) in [6, 6.07) is 0. The molecule has 1 N–H and O–H groups in total. The molecule has 1 heterocycles. The SMILES string of the molecule is OC1C=C(C2CCOC3(CCCCC3)C2)CCC1. The third-order valence-corrected chi connectivity index (χ3v) is 5.15. The van der Waals surface area contributed by atoms with E-state index in [0.717, 1.165) is 19.4 Å². The summed E-state index contributed by atoms with van der Waals surface area (Å²) in [7, 11) is 0. The summed E-state index contributed by atoms with van der Waals surface area (Å²) in [5.41, 5.74) is 1.73. The summed E-state index contributed by atoms with van der Waals surface area (Å²) in [6.07, 6.45) is 14.3. The monoisotopic (exact) mass is 250 g/mol. The minimum absolute atomic E-state index is 0.182. The van der Waals surface area contributed by atoms with Gasteiger partial charge in [-0.05, 0) is 50.9 Å². The Hall–Kier alpha value is -0.340.